The van der Waals surface area contributed by atoms with E-state index in [1.165, 1.54) is 12.1 Å². The molecule has 1 heterocycles. The van der Waals surface area contributed by atoms with Crippen molar-refractivity contribution in [2.24, 2.45) is 0 Å². The third kappa shape index (κ3) is 4.01. The summed E-state index contributed by atoms with van der Waals surface area (Å²) in [5.41, 5.74) is 2.40. The summed E-state index contributed by atoms with van der Waals surface area (Å²) in [6.45, 7) is 8.52. The van der Waals surface area contributed by atoms with Crippen LogP contribution in [0.25, 0.3) is 0 Å². The number of carbonyl (C=O) groups excluding carboxylic acids is 1. The maximum atomic E-state index is 12.1. The first-order valence-electron chi connectivity index (χ1n) is 9.07. The van der Waals surface area contributed by atoms with Crippen molar-refractivity contribution in [1.29, 1.82) is 0 Å². The van der Waals surface area contributed by atoms with Gasteiger partial charge < -0.3 is 20.4 Å². The second kappa shape index (κ2) is 7.01. The Balaban J connectivity index is 1.53. The van der Waals surface area contributed by atoms with Crippen LogP contribution in [0.1, 0.15) is 44.7 Å². The lowest BCUT2D eigenvalue weighted by Crippen LogP contribution is -2.54. The van der Waals surface area contributed by atoms with E-state index in [1.807, 2.05) is 6.92 Å². The van der Waals surface area contributed by atoms with Crippen LogP contribution in [-0.2, 0) is 0 Å². The van der Waals surface area contributed by atoms with Crippen molar-refractivity contribution in [2.75, 3.05) is 38.1 Å². The molecule has 1 aromatic carbocycles. The number of amides is 2. The SMILES string of the molecule is CC(NC(=O)NC1(C)CCC1)c1ccc(N2CCN(C)CC2)cc1. The molecule has 24 heavy (non-hydrogen) atoms. The summed E-state index contributed by atoms with van der Waals surface area (Å²) < 4.78 is 0. The zero-order chi connectivity index (χ0) is 17.2. The van der Waals surface area contributed by atoms with Gasteiger partial charge in [-0.3, -0.25) is 0 Å². The third-order valence-corrected chi connectivity index (χ3v) is 5.48. The summed E-state index contributed by atoms with van der Waals surface area (Å²) in [6.07, 6.45) is 3.36. The van der Waals surface area contributed by atoms with Crippen molar-refractivity contribution in [3.63, 3.8) is 0 Å². The van der Waals surface area contributed by atoms with E-state index in [0.29, 0.717) is 0 Å². The van der Waals surface area contributed by atoms with Gasteiger partial charge in [-0.15, -0.1) is 0 Å². The number of urea groups is 1. The Morgan fingerprint density at radius 1 is 1.12 bits per heavy atom. The van der Waals surface area contributed by atoms with Crippen molar-refractivity contribution in [3.8, 4) is 0 Å². The molecule has 1 saturated heterocycles. The zero-order valence-electron chi connectivity index (χ0n) is 15.1. The number of carbonyl (C=O) groups is 1. The number of benzene rings is 1. The van der Waals surface area contributed by atoms with Crippen LogP contribution in [0.5, 0.6) is 0 Å². The molecule has 1 saturated carbocycles. The molecule has 1 aromatic rings. The molecule has 0 radical (unpaired) electrons. The Bertz CT molecular complexity index is 559. The van der Waals surface area contributed by atoms with Gasteiger partial charge in [-0.1, -0.05) is 12.1 Å². The Hall–Kier alpha value is -1.75. The molecule has 2 aliphatic rings. The lowest BCUT2D eigenvalue weighted by atomic mass is 9.79. The van der Waals surface area contributed by atoms with Gasteiger partial charge in [0.1, 0.15) is 0 Å². The number of anilines is 1. The fraction of sp³-hybridized carbons (Fsp3) is 0.632. The summed E-state index contributed by atoms with van der Waals surface area (Å²) >= 11 is 0. The monoisotopic (exact) mass is 330 g/mol. The molecule has 5 heteroatoms. The van der Waals surface area contributed by atoms with E-state index < -0.39 is 0 Å². The van der Waals surface area contributed by atoms with Crippen LogP contribution in [-0.4, -0.2) is 49.7 Å². The van der Waals surface area contributed by atoms with E-state index >= 15 is 0 Å². The van der Waals surface area contributed by atoms with Gasteiger partial charge in [-0.25, -0.2) is 4.79 Å². The first-order chi connectivity index (χ1) is 11.5. The molecule has 5 nitrogen and oxygen atoms in total. The molecular weight excluding hydrogens is 300 g/mol. The second-order valence-corrected chi connectivity index (χ2v) is 7.62. The molecule has 0 spiro atoms. The van der Waals surface area contributed by atoms with Crippen molar-refractivity contribution in [2.45, 2.75) is 44.7 Å². The molecule has 132 valence electrons. The second-order valence-electron chi connectivity index (χ2n) is 7.62. The van der Waals surface area contributed by atoms with Gasteiger partial charge in [0.15, 0.2) is 0 Å². The van der Waals surface area contributed by atoms with E-state index in [2.05, 4.69) is 58.7 Å². The number of nitrogens with zero attached hydrogens (tertiary/aromatic N) is 2. The van der Waals surface area contributed by atoms with Crippen LogP contribution in [0.2, 0.25) is 0 Å². The number of hydrogen-bond donors (Lipinski definition) is 2. The highest BCUT2D eigenvalue weighted by Gasteiger charge is 2.33. The minimum atomic E-state index is -0.0622. The standard InChI is InChI=1S/C19H30N4O/c1-15(20-18(24)21-19(2)9-4-10-19)16-5-7-17(8-6-16)23-13-11-22(3)12-14-23/h5-8,15H,4,9-14H2,1-3H3,(H2,20,21,24). The molecule has 1 aliphatic heterocycles. The highest BCUT2D eigenvalue weighted by atomic mass is 16.2. The van der Waals surface area contributed by atoms with Gasteiger partial charge >= 0.3 is 6.03 Å². The minimum absolute atomic E-state index is 0.00488. The Labute approximate surface area is 145 Å². The van der Waals surface area contributed by atoms with Gasteiger partial charge in [-0.05, 0) is 57.9 Å². The maximum absolute atomic E-state index is 12.1. The summed E-state index contributed by atoms with van der Waals surface area (Å²) in [7, 11) is 2.17. The summed E-state index contributed by atoms with van der Waals surface area (Å²) in [5, 5.41) is 6.15. The van der Waals surface area contributed by atoms with Crippen molar-refractivity contribution >= 4 is 11.7 Å². The Kier molecular flexibility index (Phi) is 4.99. The van der Waals surface area contributed by atoms with Crippen molar-refractivity contribution in [1.82, 2.24) is 15.5 Å². The molecule has 1 aliphatic carbocycles. The van der Waals surface area contributed by atoms with Gasteiger partial charge in [0, 0.05) is 37.4 Å². The highest BCUT2D eigenvalue weighted by Crippen LogP contribution is 2.30. The number of nitrogens with one attached hydrogen (secondary N) is 2. The molecule has 2 amide bonds. The zero-order valence-corrected chi connectivity index (χ0v) is 15.1. The van der Waals surface area contributed by atoms with Crippen LogP contribution in [0.15, 0.2) is 24.3 Å². The highest BCUT2D eigenvalue weighted by molar-refractivity contribution is 5.75. The number of rotatable bonds is 4. The van der Waals surface area contributed by atoms with Gasteiger partial charge in [0.25, 0.3) is 0 Å². The fourth-order valence-electron chi connectivity index (χ4n) is 3.46. The molecule has 3 rings (SSSR count). The molecule has 2 N–H and O–H groups in total. The molecule has 1 unspecified atom stereocenters. The lowest BCUT2D eigenvalue weighted by molar-refractivity contribution is 0.189. The van der Waals surface area contributed by atoms with E-state index in [-0.39, 0.29) is 17.6 Å². The van der Waals surface area contributed by atoms with Gasteiger partial charge in [0.05, 0.1) is 6.04 Å². The van der Waals surface area contributed by atoms with Gasteiger partial charge in [-0.2, -0.15) is 0 Å². The number of piperazine rings is 1. The van der Waals surface area contributed by atoms with Crippen LogP contribution in [0.3, 0.4) is 0 Å². The molecule has 0 aromatic heterocycles. The Morgan fingerprint density at radius 2 is 1.75 bits per heavy atom. The largest absolute Gasteiger partial charge is 0.369 e. The molecular formula is C19H30N4O. The van der Waals surface area contributed by atoms with Crippen LogP contribution >= 0.6 is 0 Å². The summed E-state index contributed by atoms with van der Waals surface area (Å²) in [6, 6.07) is 8.55. The van der Waals surface area contributed by atoms with Crippen molar-refractivity contribution < 1.29 is 4.79 Å². The first kappa shape index (κ1) is 17.1. The van der Waals surface area contributed by atoms with Crippen LogP contribution in [0.4, 0.5) is 10.5 Å². The summed E-state index contributed by atoms with van der Waals surface area (Å²) in [5.74, 6) is 0. The molecule has 2 fully saturated rings. The predicted octanol–water partition coefficient (Wildman–Crippen LogP) is 2.74. The van der Waals surface area contributed by atoms with Crippen LogP contribution < -0.4 is 15.5 Å². The van der Waals surface area contributed by atoms with Crippen molar-refractivity contribution in [3.05, 3.63) is 29.8 Å². The van der Waals surface area contributed by atoms with E-state index in [9.17, 15) is 4.79 Å². The smallest absolute Gasteiger partial charge is 0.315 e. The average Bonchev–Trinajstić information content (AvgIpc) is 2.54. The third-order valence-electron chi connectivity index (χ3n) is 5.48. The van der Waals surface area contributed by atoms with Gasteiger partial charge in [0.2, 0.25) is 0 Å². The van der Waals surface area contributed by atoms with Crippen LogP contribution in [0, 0.1) is 0 Å². The minimum Gasteiger partial charge on any atom is -0.369 e. The Morgan fingerprint density at radius 3 is 2.29 bits per heavy atom. The first-order valence-corrected chi connectivity index (χ1v) is 9.07. The lowest BCUT2D eigenvalue weighted by Gasteiger charge is -2.39. The quantitative estimate of drug-likeness (QED) is 0.892. The normalized spacial score (nSPS) is 21.7. The van der Waals surface area contributed by atoms with E-state index in [1.54, 1.807) is 0 Å². The molecule has 1 atom stereocenters. The van der Waals surface area contributed by atoms with E-state index in [0.717, 1.165) is 44.6 Å². The average molecular weight is 330 g/mol. The van der Waals surface area contributed by atoms with E-state index in [4.69, 9.17) is 0 Å². The molecule has 0 bridgehead atoms. The maximum Gasteiger partial charge on any atom is 0.315 e. The summed E-state index contributed by atoms with van der Waals surface area (Å²) in [4.78, 5) is 16.9. The topological polar surface area (TPSA) is 47.6 Å². The predicted molar refractivity (Wildman–Crippen MR) is 98.5 cm³/mol. The fourth-order valence-corrected chi connectivity index (χ4v) is 3.46. The number of likely N-dealkylation sites (N-methyl/N-ethyl adjacent to an activating group) is 1. The number of hydrogen-bond acceptors (Lipinski definition) is 3.